The highest BCUT2D eigenvalue weighted by Crippen LogP contribution is 2.31. The number of likely N-dealkylation sites (N-methyl/N-ethyl adjacent to an activating group) is 1. The minimum absolute atomic E-state index is 0.605. The summed E-state index contributed by atoms with van der Waals surface area (Å²) in [5, 5.41) is 6.52. The number of piperazine rings is 1. The molecule has 0 bridgehead atoms. The summed E-state index contributed by atoms with van der Waals surface area (Å²) >= 11 is 0. The van der Waals surface area contributed by atoms with Crippen molar-refractivity contribution >= 4 is 23.0 Å². The second-order valence-electron chi connectivity index (χ2n) is 7.79. The monoisotopic (exact) mass is 391 g/mol. The molecule has 1 atom stereocenters. The van der Waals surface area contributed by atoms with Crippen molar-refractivity contribution in [2.75, 3.05) is 49.2 Å². The molecule has 0 amide bonds. The van der Waals surface area contributed by atoms with Gasteiger partial charge in [0.25, 0.3) is 0 Å². The molecule has 2 aliphatic heterocycles. The Morgan fingerprint density at radius 2 is 1.79 bits per heavy atom. The second-order valence-corrected chi connectivity index (χ2v) is 7.79. The number of nitrogen functional groups attached to an aromatic ring is 1. The van der Waals surface area contributed by atoms with Gasteiger partial charge in [0.2, 0.25) is 5.96 Å². The predicted octanol–water partition coefficient (Wildman–Crippen LogP) is 2.11. The van der Waals surface area contributed by atoms with Crippen LogP contribution in [0, 0.1) is 0 Å². The molecule has 2 aromatic carbocycles. The molecule has 152 valence electrons. The van der Waals surface area contributed by atoms with E-state index in [1.165, 1.54) is 5.69 Å². The number of hydrogen-bond donors (Lipinski definition) is 4. The van der Waals surface area contributed by atoms with E-state index in [1.807, 2.05) is 37.4 Å². The highest BCUT2D eigenvalue weighted by molar-refractivity contribution is 5.95. The predicted molar refractivity (Wildman–Crippen MR) is 121 cm³/mol. The first-order valence-electron chi connectivity index (χ1n) is 9.93. The van der Waals surface area contributed by atoms with Gasteiger partial charge < -0.3 is 26.2 Å². The molecule has 2 aliphatic rings. The summed E-state index contributed by atoms with van der Waals surface area (Å²) in [6.45, 7) is 6.25. The molecule has 7 nitrogen and oxygen atoms in total. The Balaban J connectivity index is 1.50. The molecule has 2 aromatic rings. The molecule has 1 fully saturated rings. The number of anilines is 3. The lowest BCUT2D eigenvalue weighted by molar-refractivity contribution is 0.313. The second kappa shape index (κ2) is 7.77. The van der Waals surface area contributed by atoms with Crippen LogP contribution in [0.3, 0.4) is 0 Å². The van der Waals surface area contributed by atoms with Gasteiger partial charge in [0, 0.05) is 55.0 Å². The molecule has 2 heterocycles. The Hall–Kier alpha value is -3.03. The molecule has 0 aliphatic carbocycles. The van der Waals surface area contributed by atoms with Crippen molar-refractivity contribution in [3.8, 4) is 0 Å². The number of nitrogens with one attached hydrogen (secondary N) is 2. The quantitative estimate of drug-likeness (QED) is 0.599. The Bertz CT molecular complexity index is 926. The van der Waals surface area contributed by atoms with E-state index in [0.29, 0.717) is 11.6 Å². The van der Waals surface area contributed by atoms with Gasteiger partial charge in [0.05, 0.1) is 0 Å². The third kappa shape index (κ3) is 4.06. The number of benzene rings is 2. The minimum Gasteiger partial charge on any atom is -0.399 e. The van der Waals surface area contributed by atoms with Crippen molar-refractivity contribution in [1.82, 2.24) is 10.2 Å². The van der Waals surface area contributed by atoms with Gasteiger partial charge in [-0.1, -0.05) is 12.1 Å². The zero-order valence-corrected chi connectivity index (χ0v) is 17.0. The zero-order chi connectivity index (χ0) is 20.4. The summed E-state index contributed by atoms with van der Waals surface area (Å²) in [4.78, 5) is 9.52. The number of guanidine groups is 1. The third-order valence-electron chi connectivity index (χ3n) is 5.64. The molecule has 29 heavy (non-hydrogen) atoms. The van der Waals surface area contributed by atoms with Crippen LogP contribution in [0.4, 0.5) is 17.1 Å². The van der Waals surface area contributed by atoms with Crippen molar-refractivity contribution in [2.45, 2.75) is 12.6 Å². The molecular weight excluding hydrogens is 362 g/mol. The molecular formula is C22H29N7. The van der Waals surface area contributed by atoms with E-state index in [4.69, 9.17) is 16.5 Å². The number of nitrogens with two attached hydrogens (primary N) is 2. The number of nitrogens with zero attached hydrogens (tertiary/aromatic N) is 3. The van der Waals surface area contributed by atoms with Crippen LogP contribution in [0.25, 0.3) is 0 Å². The van der Waals surface area contributed by atoms with E-state index in [0.717, 1.165) is 43.0 Å². The first-order valence-corrected chi connectivity index (χ1v) is 9.93. The van der Waals surface area contributed by atoms with Crippen LogP contribution in [0.5, 0.6) is 0 Å². The maximum absolute atomic E-state index is 6.67. The molecule has 0 saturated carbocycles. The van der Waals surface area contributed by atoms with Crippen molar-refractivity contribution in [1.29, 1.82) is 0 Å². The summed E-state index contributed by atoms with van der Waals surface area (Å²) in [6, 6.07) is 16.0. The zero-order valence-electron chi connectivity index (χ0n) is 17.0. The SMILES string of the molecule is CC1=CNC(Nc2ccc(N3CCN(C)CC3)cc2)=NC1(N)c1cccc(N)c1. The van der Waals surface area contributed by atoms with Gasteiger partial charge >= 0.3 is 0 Å². The van der Waals surface area contributed by atoms with Gasteiger partial charge in [-0.15, -0.1) is 0 Å². The smallest absolute Gasteiger partial charge is 0.202 e. The van der Waals surface area contributed by atoms with Crippen LogP contribution >= 0.6 is 0 Å². The normalized spacial score (nSPS) is 22.5. The fourth-order valence-corrected chi connectivity index (χ4v) is 3.67. The van der Waals surface area contributed by atoms with Crippen LogP contribution in [0.1, 0.15) is 12.5 Å². The minimum atomic E-state index is -0.956. The van der Waals surface area contributed by atoms with Crippen LogP contribution < -0.4 is 27.0 Å². The maximum atomic E-state index is 6.67. The standard InChI is InChI=1S/C22H29N7/c1-16-15-25-21(27-22(16,24)17-4-3-5-18(23)14-17)26-19-6-8-20(9-7-19)29-12-10-28(2)11-13-29/h3-9,14-15H,10-13,23-24H2,1-2H3,(H2,25,26,27). The fourth-order valence-electron chi connectivity index (χ4n) is 3.67. The van der Waals surface area contributed by atoms with E-state index in [-0.39, 0.29) is 0 Å². The Kier molecular flexibility index (Phi) is 5.17. The van der Waals surface area contributed by atoms with Crippen LogP contribution in [0.15, 0.2) is 65.3 Å². The van der Waals surface area contributed by atoms with Crippen molar-refractivity contribution in [3.63, 3.8) is 0 Å². The average molecular weight is 392 g/mol. The van der Waals surface area contributed by atoms with E-state index < -0.39 is 5.66 Å². The van der Waals surface area contributed by atoms with Crippen LogP contribution in [-0.2, 0) is 5.66 Å². The molecule has 6 N–H and O–H groups in total. The van der Waals surface area contributed by atoms with Gasteiger partial charge in [0.1, 0.15) is 0 Å². The fraction of sp³-hybridized carbons (Fsp3) is 0.318. The van der Waals surface area contributed by atoms with E-state index in [2.05, 4.69) is 51.7 Å². The van der Waals surface area contributed by atoms with E-state index in [9.17, 15) is 0 Å². The maximum Gasteiger partial charge on any atom is 0.202 e. The topological polar surface area (TPSA) is 94.9 Å². The first kappa shape index (κ1) is 19.3. The molecule has 1 unspecified atom stereocenters. The van der Waals surface area contributed by atoms with Gasteiger partial charge in [-0.25, -0.2) is 4.99 Å². The molecule has 1 saturated heterocycles. The largest absolute Gasteiger partial charge is 0.399 e. The lowest BCUT2D eigenvalue weighted by Gasteiger charge is -2.34. The Morgan fingerprint density at radius 1 is 1.07 bits per heavy atom. The first-order chi connectivity index (χ1) is 13.9. The number of rotatable bonds is 3. The summed E-state index contributed by atoms with van der Waals surface area (Å²) in [5.41, 5.74) is 16.3. The molecule has 0 spiro atoms. The van der Waals surface area contributed by atoms with Crippen molar-refractivity contribution in [3.05, 3.63) is 65.9 Å². The molecule has 0 radical (unpaired) electrons. The summed E-state index contributed by atoms with van der Waals surface area (Å²) in [6.07, 6.45) is 1.89. The number of hydrogen-bond acceptors (Lipinski definition) is 7. The van der Waals surface area contributed by atoms with Crippen LogP contribution in [0.2, 0.25) is 0 Å². The van der Waals surface area contributed by atoms with Crippen LogP contribution in [-0.4, -0.2) is 44.1 Å². The molecule has 7 heteroatoms. The highest BCUT2D eigenvalue weighted by Gasteiger charge is 2.32. The Morgan fingerprint density at radius 3 is 2.48 bits per heavy atom. The molecule has 4 rings (SSSR count). The average Bonchev–Trinajstić information content (AvgIpc) is 2.72. The van der Waals surface area contributed by atoms with E-state index in [1.54, 1.807) is 0 Å². The Labute approximate surface area is 172 Å². The van der Waals surface area contributed by atoms with Crippen molar-refractivity contribution in [2.24, 2.45) is 10.7 Å². The lowest BCUT2D eigenvalue weighted by atomic mass is 9.93. The molecule has 0 aromatic heterocycles. The van der Waals surface area contributed by atoms with E-state index >= 15 is 0 Å². The van der Waals surface area contributed by atoms with Gasteiger partial charge in [0.15, 0.2) is 5.66 Å². The van der Waals surface area contributed by atoms with Crippen molar-refractivity contribution < 1.29 is 0 Å². The third-order valence-corrected chi connectivity index (χ3v) is 5.64. The number of aliphatic imine (C=N–C) groups is 1. The highest BCUT2D eigenvalue weighted by atomic mass is 15.3. The summed E-state index contributed by atoms with van der Waals surface area (Å²) in [5.74, 6) is 0.605. The van der Waals surface area contributed by atoms with Gasteiger partial charge in [-0.3, -0.25) is 5.73 Å². The lowest BCUT2D eigenvalue weighted by Crippen LogP contribution is -2.45. The summed E-state index contributed by atoms with van der Waals surface area (Å²) < 4.78 is 0. The van der Waals surface area contributed by atoms with Gasteiger partial charge in [-0.2, -0.15) is 0 Å². The van der Waals surface area contributed by atoms with Gasteiger partial charge in [-0.05, 0) is 55.9 Å². The summed E-state index contributed by atoms with van der Waals surface area (Å²) in [7, 11) is 2.17.